The molecule has 2 aliphatic rings. The summed E-state index contributed by atoms with van der Waals surface area (Å²) in [6.07, 6.45) is -3.20. The molecule has 0 aromatic rings. The van der Waals surface area contributed by atoms with Crippen molar-refractivity contribution in [2.75, 3.05) is 18.1 Å². The van der Waals surface area contributed by atoms with E-state index in [-0.39, 0.29) is 24.3 Å². The Hall–Kier alpha value is -0.270. The van der Waals surface area contributed by atoms with Gasteiger partial charge in [0.25, 0.3) is 6.43 Å². The van der Waals surface area contributed by atoms with Gasteiger partial charge in [-0.1, -0.05) is 0 Å². The molecule has 2 unspecified atom stereocenters. The molecule has 0 aromatic heterocycles. The first-order valence-electron chi connectivity index (χ1n) is 4.84. The highest BCUT2D eigenvalue weighted by Crippen LogP contribution is 2.31. The van der Waals surface area contributed by atoms with Gasteiger partial charge in [-0.15, -0.1) is 0 Å². The number of halogens is 2. The van der Waals surface area contributed by atoms with E-state index in [1.165, 1.54) is 0 Å². The molecule has 2 fully saturated rings. The van der Waals surface area contributed by atoms with Crippen LogP contribution in [-0.4, -0.2) is 44.7 Å². The summed E-state index contributed by atoms with van der Waals surface area (Å²) < 4.78 is 52.6. The van der Waals surface area contributed by atoms with Crippen LogP contribution >= 0.6 is 0 Å². The third-order valence-corrected chi connectivity index (χ3v) is 4.54. The molecule has 0 bridgehead atoms. The van der Waals surface area contributed by atoms with Crippen LogP contribution in [0.2, 0.25) is 0 Å². The Morgan fingerprint density at radius 1 is 1.47 bits per heavy atom. The topological polar surface area (TPSA) is 55.4 Å². The van der Waals surface area contributed by atoms with Gasteiger partial charge in [-0.3, -0.25) is 5.32 Å². The van der Waals surface area contributed by atoms with Gasteiger partial charge in [-0.25, -0.2) is 17.2 Å². The molecule has 0 radical (unpaired) electrons. The Kier molecular flexibility index (Phi) is 2.72. The number of ether oxygens (including phenoxy) is 1. The van der Waals surface area contributed by atoms with Gasteiger partial charge in [0, 0.05) is 13.0 Å². The minimum absolute atomic E-state index is 0.00988. The Morgan fingerprint density at radius 2 is 2.20 bits per heavy atom. The molecule has 2 heterocycles. The Bertz CT molecular complexity index is 346. The number of sulfone groups is 1. The largest absolute Gasteiger partial charge is 0.350 e. The Morgan fingerprint density at radius 3 is 2.73 bits per heavy atom. The van der Waals surface area contributed by atoms with E-state index in [0.717, 1.165) is 0 Å². The average molecular weight is 241 g/mol. The molecule has 0 saturated carbocycles. The summed E-state index contributed by atoms with van der Waals surface area (Å²) in [6, 6.07) is 0. The van der Waals surface area contributed by atoms with Gasteiger partial charge in [0.15, 0.2) is 9.84 Å². The first kappa shape index (κ1) is 11.2. The SMILES string of the molecule is O=S1(=O)CCC2(C1)NCCC(C(F)F)O2. The van der Waals surface area contributed by atoms with E-state index in [1.807, 2.05) is 0 Å². The number of alkyl halides is 2. The molecule has 15 heavy (non-hydrogen) atoms. The standard InChI is InChI=1S/C8H13F2NO3S/c9-7(10)6-1-3-11-8(14-6)2-4-15(12,13)5-8/h6-7,11H,1-5H2. The molecule has 0 aliphatic carbocycles. The molecule has 7 heteroatoms. The van der Waals surface area contributed by atoms with Crippen LogP contribution in [-0.2, 0) is 14.6 Å². The van der Waals surface area contributed by atoms with E-state index in [9.17, 15) is 17.2 Å². The lowest BCUT2D eigenvalue weighted by atomic mass is 10.1. The summed E-state index contributed by atoms with van der Waals surface area (Å²) in [5.41, 5.74) is -1.06. The summed E-state index contributed by atoms with van der Waals surface area (Å²) in [4.78, 5) is 0. The summed E-state index contributed by atoms with van der Waals surface area (Å²) in [7, 11) is -3.14. The molecule has 2 saturated heterocycles. The van der Waals surface area contributed by atoms with Crippen LogP contribution < -0.4 is 5.32 Å². The molecule has 0 aromatic carbocycles. The normalized spacial score (nSPS) is 40.1. The van der Waals surface area contributed by atoms with Gasteiger partial charge in [0.05, 0.1) is 11.5 Å². The van der Waals surface area contributed by atoms with Crippen molar-refractivity contribution in [2.45, 2.75) is 31.1 Å². The van der Waals surface area contributed by atoms with Gasteiger partial charge >= 0.3 is 0 Å². The van der Waals surface area contributed by atoms with Crippen LogP contribution in [0.5, 0.6) is 0 Å². The lowest BCUT2D eigenvalue weighted by molar-refractivity contribution is -0.171. The van der Waals surface area contributed by atoms with Crippen LogP contribution in [0.3, 0.4) is 0 Å². The fraction of sp³-hybridized carbons (Fsp3) is 1.00. The quantitative estimate of drug-likeness (QED) is 0.709. The van der Waals surface area contributed by atoms with E-state index in [0.29, 0.717) is 6.54 Å². The molecule has 88 valence electrons. The maximum absolute atomic E-state index is 12.4. The predicted molar refractivity (Wildman–Crippen MR) is 49.5 cm³/mol. The van der Waals surface area contributed by atoms with Crippen LogP contribution in [0, 0.1) is 0 Å². The van der Waals surface area contributed by atoms with Crippen molar-refractivity contribution >= 4 is 9.84 Å². The zero-order chi connectivity index (χ0) is 11.1. The van der Waals surface area contributed by atoms with E-state index in [1.54, 1.807) is 0 Å². The monoisotopic (exact) mass is 241 g/mol. The Labute approximate surface area is 86.9 Å². The molecule has 1 spiro atoms. The highest BCUT2D eigenvalue weighted by Gasteiger charge is 2.47. The second-order valence-electron chi connectivity index (χ2n) is 4.04. The van der Waals surface area contributed by atoms with E-state index in [2.05, 4.69) is 5.32 Å². The van der Waals surface area contributed by atoms with Crippen LogP contribution in [0.4, 0.5) is 8.78 Å². The van der Waals surface area contributed by atoms with Gasteiger partial charge in [-0.2, -0.15) is 0 Å². The van der Waals surface area contributed by atoms with Crippen molar-refractivity contribution in [1.82, 2.24) is 5.32 Å². The van der Waals surface area contributed by atoms with Gasteiger partial charge < -0.3 is 4.74 Å². The van der Waals surface area contributed by atoms with Crippen molar-refractivity contribution in [3.63, 3.8) is 0 Å². The second-order valence-corrected chi connectivity index (χ2v) is 6.23. The molecular weight excluding hydrogens is 228 g/mol. The Balaban J connectivity index is 2.10. The molecule has 0 amide bonds. The van der Waals surface area contributed by atoms with Gasteiger partial charge in [0.1, 0.15) is 11.8 Å². The average Bonchev–Trinajstić information content (AvgIpc) is 2.42. The van der Waals surface area contributed by atoms with Crippen molar-refractivity contribution in [3.8, 4) is 0 Å². The van der Waals surface area contributed by atoms with Crippen molar-refractivity contribution in [2.24, 2.45) is 0 Å². The molecule has 2 atom stereocenters. The molecule has 1 N–H and O–H groups in total. The van der Waals surface area contributed by atoms with E-state index in [4.69, 9.17) is 4.74 Å². The number of hydrogen-bond donors (Lipinski definition) is 1. The van der Waals surface area contributed by atoms with Gasteiger partial charge in [0.2, 0.25) is 0 Å². The van der Waals surface area contributed by atoms with E-state index < -0.39 is 28.1 Å². The van der Waals surface area contributed by atoms with Crippen molar-refractivity contribution < 1.29 is 21.9 Å². The minimum atomic E-state index is -3.14. The van der Waals surface area contributed by atoms with Crippen LogP contribution in [0.15, 0.2) is 0 Å². The summed E-state index contributed by atoms with van der Waals surface area (Å²) >= 11 is 0. The molecule has 4 nitrogen and oxygen atoms in total. The first-order chi connectivity index (χ1) is 6.93. The predicted octanol–water partition coefficient (Wildman–Crippen LogP) is 0.145. The van der Waals surface area contributed by atoms with E-state index >= 15 is 0 Å². The summed E-state index contributed by atoms with van der Waals surface area (Å²) in [5, 5.41) is 2.90. The third-order valence-electron chi connectivity index (χ3n) is 2.80. The highest BCUT2D eigenvalue weighted by molar-refractivity contribution is 7.91. The zero-order valence-corrected chi connectivity index (χ0v) is 8.90. The second kappa shape index (κ2) is 3.64. The highest BCUT2D eigenvalue weighted by atomic mass is 32.2. The number of rotatable bonds is 1. The summed E-state index contributed by atoms with van der Waals surface area (Å²) in [6.45, 7) is 0.379. The first-order valence-corrected chi connectivity index (χ1v) is 6.66. The fourth-order valence-electron chi connectivity index (χ4n) is 2.06. The number of hydrogen-bond acceptors (Lipinski definition) is 4. The maximum Gasteiger partial charge on any atom is 0.264 e. The van der Waals surface area contributed by atoms with Crippen LogP contribution in [0.1, 0.15) is 12.8 Å². The molecule has 2 rings (SSSR count). The third kappa shape index (κ3) is 2.29. The lowest BCUT2D eigenvalue weighted by Gasteiger charge is -2.38. The zero-order valence-electron chi connectivity index (χ0n) is 8.08. The summed E-state index contributed by atoms with van der Waals surface area (Å²) in [5.74, 6) is -0.181. The number of nitrogens with one attached hydrogen (secondary N) is 1. The van der Waals surface area contributed by atoms with Gasteiger partial charge in [-0.05, 0) is 6.42 Å². The molecule has 2 aliphatic heterocycles. The minimum Gasteiger partial charge on any atom is -0.350 e. The van der Waals surface area contributed by atoms with Crippen molar-refractivity contribution in [1.29, 1.82) is 0 Å². The molecular formula is C8H13F2NO3S. The fourth-order valence-corrected chi connectivity index (χ4v) is 3.87. The van der Waals surface area contributed by atoms with Crippen LogP contribution in [0.25, 0.3) is 0 Å². The smallest absolute Gasteiger partial charge is 0.264 e. The lowest BCUT2D eigenvalue weighted by Crippen LogP contribution is -2.57. The maximum atomic E-state index is 12.4. The van der Waals surface area contributed by atoms with Crippen molar-refractivity contribution in [3.05, 3.63) is 0 Å².